The molecule has 168 valence electrons. The lowest BCUT2D eigenvalue weighted by molar-refractivity contribution is -0.120. The van der Waals surface area contributed by atoms with Crippen molar-refractivity contribution in [2.24, 2.45) is 0 Å². The Morgan fingerprint density at radius 1 is 1.00 bits per heavy atom. The van der Waals surface area contributed by atoms with Crippen LogP contribution in [0.3, 0.4) is 0 Å². The molecular formula is C23H22Cl2N2O4S. The number of anilines is 1. The van der Waals surface area contributed by atoms with Crippen LogP contribution in [0.25, 0.3) is 0 Å². The third-order valence-corrected chi connectivity index (χ3v) is 7.32. The van der Waals surface area contributed by atoms with E-state index in [2.05, 4.69) is 5.32 Å². The number of para-hydroxylation sites is 1. The van der Waals surface area contributed by atoms with Crippen molar-refractivity contribution in [1.29, 1.82) is 0 Å². The lowest BCUT2D eigenvalue weighted by atomic mass is 10.1. The molecule has 32 heavy (non-hydrogen) atoms. The molecule has 1 N–H and O–H groups in total. The summed E-state index contributed by atoms with van der Waals surface area (Å²) in [5, 5.41) is 3.30. The second kappa shape index (κ2) is 10.3. The molecule has 0 bridgehead atoms. The maximum absolute atomic E-state index is 13.4. The number of nitrogens with one attached hydrogen (secondary N) is 1. The van der Waals surface area contributed by atoms with Gasteiger partial charge in [0, 0.05) is 5.56 Å². The average molecular weight is 493 g/mol. The fraction of sp³-hybridized carbons (Fsp3) is 0.174. The maximum atomic E-state index is 13.4. The zero-order valence-electron chi connectivity index (χ0n) is 17.5. The number of hydrogen-bond acceptors (Lipinski definition) is 4. The van der Waals surface area contributed by atoms with Gasteiger partial charge in [-0.25, -0.2) is 8.42 Å². The number of carbonyl (C=O) groups excluding carboxylic acids is 1. The van der Waals surface area contributed by atoms with Crippen molar-refractivity contribution >= 4 is 44.8 Å². The molecule has 0 aliphatic heterocycles. The van der Waals surface area contributed by atoms with Crippen LogP contribution in [0, 0.1) is 0 Å². The number of nitrogens with zero attached hydrogens (tertiary/aromatic N) is 1. The van der Waals surface area contributed by atoms with Crippen LogP contribution in [0.2, 0.25) is 10.0 Å². The number of benzene rings is 3. The van der Waals surface area contributed by atoms with Gasteiger partial charge in [0.1, 0.15) is 12.3 Å². The van der Waals surface area contributed by atoms with Gasteiger partial charge in [0.2, 0.25) is 5.91 Å². The SMILES string of the molecule is COc1ccccc1[C@@H](C)NC(=O)CN(c1ccc(Cl)c(Cl)c1)S(=O)(=O)c1ccccc1. The van der Waals surface area contributed by atoms with Gasteiger partial charge in [0.05, 0.1) is 33.8 Å². The van der Waals surface area contributed by atoms with Crippen molar-refractivity contribution in [3.63, 3.8) is 0 Å². The molecule has 0 saturated heterocycles. The van der Waals surface area contributed by atoms with E-state index < -0.39 is 28.5 Å². The van der Waals surface area contributed by atoms with Crippen molar-refractivity contribution in [1.82, 2.24) is 5.32 Å². The standard InChI is InChI=1S/C23H22Cl2N2O4S/c1-16(19-10-6-7-11-22(19)31-2)26-23(28)15-27(17-12-13-20(24)21(25)14-17)32(29,30)18-8-4-3-5-9-18/h3-14,16H,15H2,1-2H3,(H,26,28)/t16-/m1/s1. The van der Waals surface area contributed by atoms with E-state index in [0.29, 0.717) is 5.75 Å². The highest BCUT2D eigenvalue weighted by molar-refractivity contribution is 7.92. The molecule has 0 saturated carbocycles. The molecule has 3 aromatic carbocycles. The monoisotopic (exact) mass is 492 g/mol. The zero-order valence-corrected chi connectivity index (χ0v) is 19.8. The Bertz CT molecular complexity index is 1200. The molecule has 0 aromatic heterocycles. The number of sulfonamides is 1. The van der Waals surface area contributed by atoms with Crippen molar-refractivity contribution in [2.45, 2.75) is 17.9 Å². The lowest BCUT2D eigenvalue weighted by Crippen LogP contribution is -2.41. The minimum atomic E-state index is -4.05. The minimum absolute atomic E-state index is 0.0525. The first-order valence-electron chi connectivity index (χ1n) is 9.69. The Labute approximate surface area is 197 Å². The fourth-order valence-electron chi connectivity index (χ4n) is 3.19. The second-order valence-corrected chi connectivity index (χ2v) is 9.63. The number of rotatable bonds is 8. The first-order valence-corrected chi connectivity index (χ1v) is 11.9. The van der Waals surface area contributed by atoms with Gasteiger partial charge in [-0.05, 0) is 43.3 Å². The van der Waals surface area contributed by atoms with E-state index in [1.54, 1.807) is 38.3 Å². The largest absolute Gasteiger partial charge is 0.496 e. The van der Waals surface area contributed by atoms with Crippen molar-refractivity contribution < 1.29 is 17.9 Å². The van der Waals surface area contributed by atoms with Crippen LogP contribution in [0.4, 0.5) is 5.69 Å². The Morgan fingerprint density at radius 2 is 1.66 bits per heavy atom. The number of methoxy groups -OCH3 is 1. The summed E-state index contributed by atoms with van der Waals surface area (Å²) in [4.78, 5) is 13.0. The first-order chi connectivity index (χ1) is 15.2. The quantitative estimate of drug-likeness (QED) is 0.475. The number of halogens is 2. The molecule has 0 spiro atoms. The molecule has 6 nitrogen and oxygen atoms in total. The predicted molar refractivity (Wildman–Crippen MR) is 127 cm³/mol. The van der Waals surface area contributed by atoms with Crippen LogP contribution < -0.4 is 14.4 Å². The molecule has 0 aliphatic carbocycles. The fourth-order valence-corrected chi connectivity index (χ4v) is 4.92. The van der Waals surface area contributed by atoms with E-state index in [1.165, 1.54) is 30.3 Å². The highest BCUT2D eigenvalue weighted by Gasteiger charge is 2.28. The molecule has 0 fully saturated rings. The third-order valence-electron chi connectivity index (χ3n) is 4.79. The van der Waals surface area contributed by atoms with E-state index in [1.807, 2.05) is 18.2 Å². The number of amides is 1. The van der Waals surface area contributed by atoms with E-state index in [0.717, 1.165) is 9.87 Å². The van der Waals surface area contributed by atoms with Gasteiger partial charge in [-0.1, -0.05) is 59.6 Å². The smallest absolute Gasteiger partial charge is 0.264 e. The minimum Gasteiger partial charge on any atom is -0.496 e. The molecule has 1 amide bonds. The van der Waals surface area contributed by atoms with Gasteiger partial charge < -0.3 is 10.1 Å². The molecule has 0 radical (unpaired) electrons. The Balaban J connectivity index is 1.92. The number of ether oxygens (including phenoxy) is 1. The summed E-state index contributed by atoms with van der Waals surface area (Å²) in [6, 6.07) is 19.2. The van der Waals surface area contributed by atoms with Crippen LogP contribution in [0.5, 0.6) is 5.75 Å². The molecule has 0 aliphatic rings. The average Bonchev–Trinajstić information content (AvgIpc) is 2.79. The van der Waals surface area contributed by atoms with Crippen LogP contribution in [0.1, 0.15) is 18.5 Å². The van der Waals surface area contributed by atoms with Gasteiger partial charge in [-0.15, -0.1) is 0 Å². The summed E-state index contributed by atoms with van der Waals surface area (Å²) < 4.78 is 33.1. The van der Waals surface area contributed by atoms with E-state index >= 15 is 0 Å². The van der Waals surface area contributed by atoms with Gasteiger partial charge >= 0.3 is 0 Å². The topological polar surface area (TPSA) is 75.7 Å². The highest BCUT2D eigenvalue weighted by atomic mass is 35.5. The summed E-state index contributed by atoms with van der Waals surface area (Å²) in [5.41, 5.74) is 0.999. The third kappa shape index (κ3) is 5.35. The predicted octanol–water partition coefficient (Wildman–Crippen LogP) is 5.07. The Kier molecular flexibility index (Phi) is 7.66. The normalized spacial score (nSPS) is 12.1. The highest BCUT2D eigenvalue weighted by Crippen LogP contribution is 2.31. The first kappa shape index (κ1) is 23.9. The van der Waals surface area contributed by atoms with E-state index in [4.69, 9.17) is 27.9 Å². The summed E-state index contributed by atoms with van der Waals surface area (Å²) >= 11 is 12.1. The molecule has 0 unspecified atom stereocenters. The van der Waals surface area contributed by atoms with Crippen molar-refractivity contribution in [3.8, 4) is 5.75 Å². The Hall–Kier alpha value is -2.74. The van der Waals surface area contributed by atoms with E-state index in [-0.39, 0.29) is 20.6 Å². The zero-order chi connectivity index (χ0) is 23.3. The molecule has 3 rings (SSSR count). The van der Waals surface area contributed by atoms with Crippen molar-refractivity contribution in [2.75, 3.05) is 18.0 Å². The number of carbonyl (C=O) groups is 1. The second-order valence-electron chi connectivity index (χ2n) is 6.95. The summed E-state index contributed by atoms with van der Waals surface area (Å²) in [5.74, 6) is 0.132. The maximum Gasteiger partial charge on any atom is 0.264 e. The van der Waals surface area contributed by atoms with Gasteiger partial charge in [-0.2, -0.15) is 0 Å². The molecular weight excluding hydrogens is 471 g/mol. The molecule has 9 heteroatoms. The molecule has 1 atom stereocenters. The lowest BCUT2D eigenvalue weighted by Gasteiger charge is -2.25. The molecule has 3 aromatic rings. The van der Waals surface area contributed by atoms with Crippen LogP contribution in [0.15, 0.2) is 77.7 Å². The summed E-state index contributed by atoms with van der Waals surface area (Å²) in [7, 11) is -2.50. The summed E-state index contributed by atoms with van der Waals surface area (Å²) in [6.07, 6.45) is 0. The van der Waals surface area contributed by atoms with Gasteiger partial charge in [-0.3, -0.25) is 9.10 Å². The van der Waals surface area contributed by atoms with Crippen LogP contribution in [-0.2, 0) is 14.8 Å². The summed E-state index contributed by atoms with van der Waals surface area (Å²) in [6.45, 7) is 1.35. The van der Waals surface area contributed by atoms with Crippen LogP contribution >= 0.6 is 23.2 Å². The van der Waals surface area contributed by atoms with Gasteiger partial charge in [0.25, 0.3) is 10.0 Å². The van der Waals surface area contributed by atoms with Crippen molar-refractivity contribution in [3.05, 3.63) is 88.4 Å². The number of hydrogen-bond donors (Lipinski definition) is 1. The van der Waals surface area contributed by atoms with Crippen LogP contribution in [-0.4, -0.2) is 28.0 Å². The molecule has 0 heterocycles. The Morgan fingerprint density at radius 3 is 2.31 bits per heavy atom. The van der Waals surface area contributed by atoms with E-state index in [9.17, 15) is 13.2 Å². The van der Waals surface area contributed by atoms with Gasteiger partial charge in [0.15, 0.2) is 0 Å².